The second kappa shape index (κ2) is 5.67. The standard InChI is InChI=1S/C11H15Br2NO3/c1-11(2,10(16)17)14-5-6-3-7(12)9(15)8(13)4-6/h3-4,10,14-17H,5H2,1-2H3. The van der Waals surface area contributed by atoms with Crippen molar-refractivity contribution in [1.29, 1.82) is 0 Å². The van der Waals surface area contributed by atoms with Gasteiger partial charge >= 0.3 is 0 Å². The van der Waals surface area contributed by atoms with Gasteiger partial charge in [-0.2, -0.15) is 0 Å². The predicted octanol–water partition coefficient (Wildman–Crippen LogP) is 2.10. The highest BCUT2D eigenvalue weighted by Gasteiger charge is 2.25. The summed E-state index contributed by atoms with van der Waals surface area (Å²) in [7, 11) is 0. The molecule has 0 unspecified atom stereocenters. The lowest BCUT2D eigenvalue weighted by Gasteiger charge is -2.28. The van der Waals surface area contributed by atoms with E-state index in [1.54, 1.807) is 26.0 Å². The third kappa shape index (κ3) is 3.93. The van der Waals surface area contributed by atoms with Crippen molar-refractivity contribution in [3.63, 3.8) is 0 Å². The van der Waals surface area contributed by atoms with Crippen LogP contribution in [0.4, 0.5) is 0 Å². The Labute approximate surface area is 117 Å². The lowest BCUT2D eigenvalue weighted by molar-refractivity contribution is -0.0973. The van der Waals surface area contributed by atoms with E-state index in [9.17, 15) is 5.11 Å². The maximum absolute atomic E-state index is 9.55. The van der Waals surface area contributed by atoms with Crippen molar-refractivity contribution in [2.24, 2.45) is 0 Å². The lowest BCUT2D eigenvalue weighted by atomic mass is 10.0. The summed E-state index contributed by atoms with van der Waals surface area (Å²) in [6.45, 7) is 3.85. The fourth-order valence-corrected chi connectivity index (χ4v) is 2.42. The van der Waals surface area contributed by atoms with Gasteiger partial charge in [0.25, 0.3) is 0 Å². The first-order chi connectivity index (χ1) is 7.74. The summed E-state index contributed by atoms with van der Waals surface area (Å²) in [6, 6.07) is 3.54. The molecule has 0 saturated heterocycles. The molecule has 1 rings (SSSR count). The zero-order valence-corrected chi connectivity index (χ0v) is 12.7. The highest BCUT2D eigenvalue weighted by Crippen LogP contribution is 2.33. The molecule has 0 aliphatic carbocycles. The van der Waals surface area contributed by atoms with Gasteiger partial charge in [-0.05, 0) is 63.4 Å². The zero-order chi connectivity index (χ0) is 13.2. The molecule has 0 atom stereocenters. The van der Waals surface area contributed by atoms with E-state index in [1.807, 2.05) is 0 Å². The molecule has 17 heavy (non-hydrogen) atoms. The molecule has 4 N–H and O–H groups in total. The fraction of sp³-hybridized carbons (Fsp3) is 0.455. The first-order valence-electron chi connectivity index (χ1n) is 5.02. The van der Waals surface area contributed by atoms with E-state index in [0.717, 1.165) is 5.56 Å². The molecule has 0 aliphatic rings. The number of aromatic hydroxyl groups is 1. The lowest BCUT2D eigenvalue weighted by Crippen LogP contribution is -2.49. The van der Waals surface area contributed by atoms with Gasteiger partial charge in [0, 0.05) is 6.54 Å². The average molecular weight is 369 g/mol. The van der Waals surface area contributed by atoms with Crippen LogP contribution < -0.4 is 5.32 Å². The highest BCUT2D eigenvalue weighted by atomic mass is 79.9. The van der Waals surface area contributed by atoms with Crippen molar-refractivity contribution in [3.05, 3.63) is 26.6 Å². The second-order valence-electron chi connectivity index (χ2n) is 4.36. The number of phenolic OH excluding ortho intramolecular Hbond substituents is 1. The Morgan fingerprint density at radius 1 is 1.24 bits per heavy atom. The van der Waals surface area contributed by atoms with Crippen LogP contribution in [0.2, 0.25) is 0 Å². The van der Waals surface area contributed by atoms with Crippen LogP contribution in [-0.4, -0.2) is 27.1 Å². The summed E-state index contributed by atoms with van der Waals surface area (Å²) in [4.78, 5) is 0. The van der Waals surface area contributed by atoms with Gasteiger partial charge in [-0.15, -0.1) is 0 Å². The molecule has 0 heterocycles. The number of aliphatic hydroxyl groups is 2. The predicted molar refractivity (Wildman–Crippen MR) is 72.7 cm³/mol. The molecule has 0 amide bonds. The maximum Gasteiger partial charge on any atom is 0.169 e. The van der Waals surface area contributed by atoms with E-state index in [2.05, 4.69) is 37.2 Å². The topological polar surface area (TPSA) is 72.7 Å². The van der Waals surface area contributed by atoms with E-state index in [-0.39, 0.29) is 5.75 Å². The minimum Gasteiger partial charge on any atom is -0.506 e. The first kappa shape index (κ1) is 14.9. The van der Waals surface area contributed by atoms with Crippen LogP contribution in [0.1, 0.15) is 19.4 Å². The summed E-state index contributed by atoms with van der Waals surface area (Å²) in [5.41, 5.74) is 0.117. The Bertz CT molecular complexity index is 385. The monoisotopic (exact) mass is 367 g/mol. The fourth-order valence-electron chi connectivity index (χ4n) is 1.14. The molecule has 0 fully saturated rings. The smallest absolute Gasteiger partial charge is 0.169 e. The Kier molecular flexibility index (Phi) is 4.97. The largest absolute Gasteiger partial charge is 0.506 e. The summed E-state index contributed by atoms with van der Waals surface area (Å²) >= 11 is 6.48. The van der Waals surface area contributed by atoms with Crippen LogP contribution >= 0.6 is 31.9 Å². The van der Waals surface area contributed by atoms with Gasteiger partial charge in [-0.1, -0.05) is 0 Å². The van der Waals surface area contributed by atoms with Crippen molar-refractivity contribution in [3.8, 4) is 5.75 Å². The molecule has 0 saturated carbocycles. The molecule has 0 spiro atoms. The van der Waals surface area contributed by atoms with Gasteiger partial charge in [-0.3, -0.25) is 0 Å². The van der Waals surface area contributed by atoms with Crippen molar-refractivity contribution in [2.45, 2.75) is 32.2 Å². The van der Waals surface area contributed by atoms with Crippen molar-refractivity contribution >= 4 is 31.9 Å². The number of hydrogen-bond acceptors (Lipinski definition) is 4. The van der Waals surface area contributed by atoms with Crippen LogP contribution in [0.5, 0.6) is 5.75 Å². The molecule has 1 aromatic rings. The summed E-state index contributed by atoms with van der Waals surface area (Å²) < 4.78 is 1.18. The van der Waals surface area contributed by atoms with Gasteiger partial charge < -0.3 is 20.6 Å². The Balaban J connectivity index is 2.77. The Morgan fingerprint density at radius 2 is 1.71 bits per heavy atom. The van der Waals surface area contributed by atoms with Crippen molar-refractivity contribution in [1.82, 2.24) is 5.32 Å². The highest BCUT2D eigenvalue weighted by molar-refractivity contribution is 9.11. The maximum atomic E-state index is 9.55. The number of benzene rings is 1. The molecule has 0 bridgehead atoms. The number of aliphatic hydroxyl groups excluding tert-OH is 1. The zero-order valence-electron chi connectivity index (χ0n) is 9.54. The van der Waals surface area contributed by atoms with Gasteiger partial charge in [0.05, 0.1) is 14.5 Å². The normalized spacial score (nSPS) is 12.2. The third-order valence-corrected chi connectivity index (χ3v) is 3.68. The number of nitrogens with one attached hydrogen (secondary N) is 1. The van der Waals surface area contributed by atoms with E-state index < -0.39 is 11.8 Å². The SMILES string of the molecule is CC(C)(NCc1cc(Br)c(O)c(Br)c1)C(O)O. The second-order valence-corrected chi connectivity index (χ2v) is 6.07. The molecule has 1 aromatic carbocycles. The van der Waals surface area contributed by atoms with Gasteiger partial charge in [0.1, 0.15) is 5.75 Å². The van der Waals surface area contributed by atoms with Gasteiger partial charge in [0.15, 0.2) is 6.29 Å². The average Bonchev–Trinajstić information content (AvgIpc) is 2.22. The van der Waals surface area contributed by atoms with Crippen LogP contribution in [0.15, 0.2) is 21.1 Å². The van der Waals surface area contributed by atoms with E-state index >= 15 is 0 Å². The number of rotatable bonds is 4. The third-order valence-electron chi connectivity index (χ3n) is 2.47. The molecule has 0 aromatic heterocycles. The van der Waals surface area contributed by atoms with Crippen molar-refractivity contribution < 1.29 is 15.3 Å². The quantitative estimate of drug-likeness (QED) is 0.614. The van der Waals surface area contributed by atoms with Gasteiger partial charge in [0.2, 0.25) is 0 Å². The molecule has 4 nitrogen and oxygen atoms in total. The summed E-state index contributed by atoms with van der Waals surface area (Å²) in [5.74, 6) is 0.148. The first-order valence-corrected chi connectivity index (χ1v) is 6.60. The molecule has 6 heteroatoms. The molecule has 0 aliphatic heterocycles. The minimum absolute atomic E-state index is 0.148. The Morgan fingerprint density at radius 3 is 2.12 bits per heavy atom. The molecular weight excluding hydrogens is 354 g/mol. The van der Waals surface area contributed by atoms with E-state index in [0.29, 0.717) is 15.5 Å². The number of hydrogen-bond donors (Lipinski definition) is 4. The number of phenols is 1. The van der Waals surface area contributed by atoms with Crippen LogP contribution in [0.3, 0.4) is 0 Å². The van der Waals surface area contributed by atoms with Crippen LogP contribution in [-0.2, 0) is 6.54 Å². The number of halogens is 2. The van der Waals surface area contributed by atoms with Crippen molar-refractivity contribution in [2.75, 3.05) is 0 Å². The van der Waals surface area contributed by atoms with Gasteiger partial charge in [-0.25, -0.2) is 0 Å². The van der Waals surface area contributed by atoms with Crippen LogP contribution in [0, 0.1) is 0 Å². The van der Waals surface area contributed by atoms with E-state index in [1.165, 1.54) is 0 Å². The summed E-state index contributed by atoms with van der Waals surface area (Å²) in [6.07, 6.45) is -1.44. The molecular formula is C11H15Br2NO3. The Hall–Kier alpha value is -0.140. The molecule has 0 radical (unpaired) electrons. The molecule has 96 valence electrons. The van der Waals surface area contributed by atoms with Crippen LogP contribution in [0.25, 0.3) is 0 Å². The van der Waals surface area contributed by atoms with E-state index in [4.69, 9.17) is 10.2 Å². The minimum atomic E-state index is -1.44. The summed E-state index contributed by atoms with van der Waals surface area (Å²) in [5, 5.41) is 30.9.